The number of carboxylic acid groups (broad SMARTS) is 2. The van der Waals surface area contributed by atoms with Crippen LogP contribution in [0.5, 0.6) is 0 Å². The lowest BCUT2D eigenvalue weighted by atomic mass is 9.76. The van der Waals surface area contributed by atoms with Crippen molar-refractivity contribution in [3.05, 3.63) is 30.1 Å². The molecule has 1 spiro atoms. The highest BCUT2D eigenvalue weighted by molar-refractivity contribution is 5.73. The number of halogens is 6. The fourth-order valence-corrected chi connectivity index (χ4v) is 3.93. The smallest absolute Gasteiger partial charge is 0.475 e. The van der Waals surface area contributed by atoms with E-state index in [0.29, 0.717) is 11.5 Å². The predicted molar refractivity (Wildman–Crippen MR) is 116 cm³/mol. The lowest BCUT2D eigenvalue weighted by Crippen LogP contribution is -2.40. The average molecular weight is 544 g/mol. The molecule has 2 N–H and O–H groups in total. The number of hydrogen-bond donors (Lipinski definition) is 2. The monoisotopic (exact) mass is 544 g/mol. The molecule has 1 saturated carbocycles. The molecule has 0 radical (unpaired) electrons. The standard InChI is InChI=1S/C19H28N2O2.2C2HF3O2/c1-2-17(1)13-22-14-18-11-19(15-23-18)5-9-21(10-6-19)12-16-3-7-20-8-4-16;2*3-2(4,5)1(6)7/h3-4,7-8,17-18H,1-2,5-6,9-15H2;2*(H,6,7). The van der Waals surface area contributed by atoms with Crippen molar-refractivity contribution in [3.8, 4) is 0 Å². The molecule has 3 aliphatic rings. The molecule has 37 heavy (non-hydrogen) atoms. The van der Waals surface area contributed by atoms with Crippen LogP contribution in [0.1, 0.15) is 37.7 Å². The summed E-state index contributed by atoms with van der Waals surface area (Å²) in [7, 11) is 0. The summed E-state index contributed by atoms with van der Waals surface area (Å²) in [6, 6.07) is 4.24. The zero-order valence-corrected chi connectivity index (χ0v) is 19.9. The zero-order chi connectivity index (χ0) is 27.7. The van der Waals surface area contributed by atoms with Gasteiger partial charge in [-0.25, -0.2) is 9.59 Å². The Labute approximate surface area is 209 Å². The fraction of sp³-hybridized carbons (Fsp3) is 0.696. The molecule has 8 nitrogen and oxygen atoms in total. The Bertz CT molecular complexity index is 832. The van der Waals surface area contributed by atoms with Gasteiger partial charge in [0.2, 0.25) is 0 Å². The molecule has 0 bridgehead atoms. The van der Waals surface area contributed by atoms with Gasteiger partial charge < -0.3 is 19.7 Å². The van der Waals surface area contributed by atoms with Crippen molar-refractivity contribution in [2.75, 3.05) is 32.9 Å². The summed E-state index contributed by atoms with van der Waals surface area (Å²) in [5.41, 5.74) is 1.78. The summed E-state index contributed by atoms with van der Waals surface area (Å²) in [6.45, 7) is 6.11. The van der Waals surface area contributed by atoms with Crippen LogP contribution in [-0.4, -0.2) is 83.4 Å². The molecule has 1 unspecified atom stereocenters. The van der Waals surface area contributed by atoms with E-state index in [-0.39, 0.29) is 0 Å². The summed E-state index contributed by atoms with van der Waals surface area (Å²) < 4.78 is 75.4. The van der Waals surface area contributed by atoms with Crippen LogP contribution in [0.25, 0.3) is 0 Å². The number of hydrogen-bond acceptors (Lipinski definition) is 6. The molecule has 0 aromatic carbocycles. The van der Waals surface area contributed by atoms with E-state index >= 15 is 0 Å². The maximum Gasteiger partial charge on any atom is 0.490 e. The van der Waals surface area contributed by atoms with Crippen molar-refractivity contribution in [1.82, 2.24) is 9.88 Å². The summed E-state index contributed by atoms with van der Waals surface area (Å²) in [6.07, 6.45) is 0.386. The number of pyridine rings is 1. The quantitative estimate of drug-likeness (QED) is 0.515. The number of aliphatic carboxylic acids is 2. The first-order chi connectivity index (χ1) is 17.2. The van der Waals surface area contributed by atoms with Crippen molar-refractivity contribution in [2.45, 2.75) is 57.1 Å². The van der Waals surface area contributed by atoms with E-state index in [4.69, 9.17) is 29.3 Å². The van der Waals surface area contributed by atoms with E-state index in [0.717, 1.165) is 32.3 Å². The average Bonchev–Trinajstić information content (AvgIpc) is 3.56. The second-order valence-electron chi connectivity index (χ2n) is 9.36. The number of alkyl halides is 6. The second-order valence-corrected chi connectivity index (χ2v) is 9.36. The molecule has 1 aliphatic carbocycles. The van der Waals surface area contributed by atoms with Crippen molar-refractivity contribution in [2.24, 2.45) is 11.3 Å². The summed E-state index contributed by atoms with van der Waals surface area (Å²) in [5, 5.41) is 14.2. The lowest BCUT2D eigenvalue weighted by Gasteiger charge is -2.38. The van der Waals surface area contributed by atoms with Crippen LogP contribution in [0.4, 0.5) is 26.3 Å². The van der Waals surface area contributed by atoms with Crippen LogP contribution in [-0.2, 0) is 25.6 Å². The molecular formula is C23H30F6N2O6. The Morgan fingerprint density at radius 2 is 1.51 bits per heavy atom. The summed E-state index contributed by atoms with van der Waals surface area (Å²) in [5.74, 6) is -4.67. The third-order valence-corrected chi connectivity index (χ3v) is 6.20. The van der Waals surface area contributed by atoms with Crippen LogP contribution >= 0.6 is 0 Å². The topological polar surface area (TPSA) is 109 Å². The number of piperidine rings is 1. The molecule has 3 fully saturated rings. The minimum absolute atomic E-state index is 0.334. The molecule has 1 aromatic rings. The van der Waals surface area contributed by atoms with Crippen LogP contribution in [0.3, 0.4) is 0 Å². The highest BCUT2D eigenvalue weighted by Crippen LogP contribution is 2.42. The van der Waals surface area contributed by atoms with E-state index in [2.05, 4.69) is 22.0 Å². The molecule has 14 heteroatoms. The molecule has 3 heterocycles. The van der Waals surface area contributed by atoms with Crippen LogP contribution in [0, 0.1) is 11.3 Å². The van der Waals surface area contributed by atoms with E-state index in [1.807, 2.05) is 12.4 Å². The van der Waals surface area contributed by atoms with Gasteiger partial charge in [-0.3, -0.25) is 9.88 Å². The Balaban J connectivity index is 0.000000286. The lowest BCUT2D eigenvalue weighted by molar-refractivity contribution is -0.193. The Kier molecular flexibility index (Phi) is 11.1. The van der Waals surface area contributed by atoms with E-state index in [1.165, 1.54) is 50.8 Å². The van der Waals surface area contributed by atoms with E-state index in [1.54, 1.807) is 0 Å². The molecule has 2 aliphatic heterocycles. The number of carbonyl (C=O) groups is 2. The minimum Gasteiger partial charge on any atom is -0.475 e. The molecule has 210 valence electrons. The maximum atomic E-state index is 10.6. The number of ether oxygens (including phenoxy) is 2. The summed E-state index contributed by atoms with van der Waals surface area (Å²) >= 11 is 0. The second kappa shape index (κ2) is 13.4. The summed E-state index contributed by atoms with van der Waals surface area (Å²) in [4.78, 5) is 24.5. The molecule has 0 amide bonds. The number of likely N-dealkylation sites (tertiary alicyclic amines) is 1. The SMILES string of the molecule is O=C(O)C(F)(F)F.O=C(O)C(F)(F)F.c1cc(CN2CCC3(CC2)COC(COCC2CC2)C3)ccn1. The normalized spacial score (nSPS) is 21.4. The fourth-order valence-electron chi connectivity index (χ4n) is 3.93. The zero-order valence-electron chi connectivity index (χ0n) is 19.9. The van der Waals surface area contributed by atoms with Gasteiger partial charge in [-0.15, -0.1) is 0 Å². The van der Waals surface area contributed by atoms with Gasteiger partial charge in [-0.1, -0.05) is 0 Å². The first-order valence-electron chi connectivity index (χ1n) is 11.6. The van der Waals surface area contributed by atoms with Crippen LogP contribution in [0.2, 0.25) is 0 Å². The van der Waals surface area contributed by atoms with Crippen LogP contribution < -0.4 is 0 Å². The van der Waals surface area contributed by atoms with Gasteiger partial charge in [0, 0.05) is 25.5 Å². The van der Waals surface area contributed by atoms with Gasteiger partial charge in [0.25, 0.3) is 0 Å². The molecule has 1 atom stereocenters. The first kappa shape index (κ1) is 30.8. The van der Waals surface area contributed by atoms with E-state index < -0.39 is 24.3 Å². The molecule has 2 saturated heterocycles. The molecular weight excluding hydrogens is 514 g/mol. The molecule has 1 aromatic heterocycles. The van der Waals surface area contributed by atoms with Gasteiger partial charge >= 0.3 is 24.3 Å². The Morgan fingerprint density at radius 1 is 1.00 bits per heavy atom. The predicted octanol–water partition coefficient (Wildman–Crippen LogP) is 4.15. The third kappa shape index (κ3) is 11.6. The van der Waals surface area contributed by atoms with E-state index in [9.17, 15) is 26.3 Å². The van der Waals surface area contributed by atoms with Crippen molar-refractivity contribution < 1.29 is 55.6 Å². The van der Waals surface area contributed by atoms with Crippen molar-refractivity contribution >= 4 is 11.9 Å². The molecule has 4 rings (SSSR count). The minimum atomic E-state index is -5.08. The maximum absolute atomic E-state index is 10.6. The van der Waals surface area contributed by atoms with Gasteiger partial charge in [0.1, 0.15) is 0 Å². The largest absolute Gasteiger partial charge is 0.490 e. The number of nitrogens with zero attached hydrogens (tertiary/aromatic N) is 2. The van der Waals surface area contributed by atoms with Crippen molar-refractivity contribution in [1.29, 1.82) is 0 Å². The Morgan fingerprint density at radius 3 is 1.97 bits per heavy atom. The Hall–Kier alpha value is -2.45. The number of carboxylic acids is 2. The number of aromatic nitrogens is 1. The third-order valence-electron chi connectivity index (χ3n) is 6.20. The highest BCUT2D eigenvalue weighted by Gasteiger charge is 2.42. The van der Waals surface area contributed by atoms with Gasteiger partial charge in [-0.2, -0.15) is 26.3 Å². The van der Waals surface area contributed by atoms with Gasteiger partial charge in [-0.05, 0) is 74.2 Å². The van der Waals surface area contributed by atoms with Gasteiger partial charge in [0.15, 0.2) is 0 Å². The van der Waals surface area contributed by atoms with Crippen molar-refractivity contribution in [3.63, 3.8) is 0 Å². The van der Waals surface area contributed by atoms with Crippen LogP contribution in [0.15, 0.2) is 24.5 Å². The first-order valence-corrected chi connectivity index (χ1v) is 11.6. The highest BCUT2D eigenvalue weighted by atomic mass is 19.4. The van der Waals surface area contributed by atoms with Gasteiger partial charge in [0.05, 0.1) is 19.3 Å². The number of rotatable bonds is 6.